The molecule has 3 aliphatic heterocycles. The molecule has 10 heteroatoms. The summed E-state index contributed by atoms with van der Waals surface area (Å²) >= 11 is 0. The molecule has 5 rings (SSSR count). The number of alkyl halides is 3. The van der Waals surface area contributed by atoms with Gasteiger partial charge in [-0.05, 0) is 74.2 Å². The van der Waals surface area contributed by atoms with Crippen LogP contribution in [-0.2, 0) is 26.9 Å². The van der Waals surface area contributed by atoms with Crippen LogP contribution in [0.1, 0.15) is 30.9 Å². The third-order valence-electron chi connectivity index (χ3n) is 7.97. The molecule has 2 atom stereocenters. The zero-order valence-electron chi connectivity index (χ0n) is 21.2. The van der Waals surface area contributed by atoms with Crippen LogP contribution in [0, 0.1) is 17.7 Å². The van der Waals surface area contributed by atoms with E-state index in [1.807, 2.05) is 0 Å². The van der Waals surface area contributed by atoms with E-state index in [-0.39, 0.29) is 36.1 Å². The van der Waals surface area contributed by atoms with Crippen molar-refractivity contribution in [1.82, 2.24) is 4.90 Å². The number of carbonyl (C=O) groups excluding carboxylic acids is 2. The maximum Gasteiger partial charge on any atom is 0.416 e. The number of piperidine rings is 1. The molecule has 3 heterocycles. The van der Waals surface area contributed by atoms with Crippen molar-refractivity contribution in [1.29, 1.82) is 0 Å². The number of nitrogens with zero attached hydrogens (tertiary/aromatic N) is 3. The van der Waals surface area contributed by atoms with Crippen molar-refractivity contribution in [2.45, 2.75) is 38.4 Å². The summed E-state index contributed by atoms with van der Waals surface area (Å²) in [5.74, 6) is -1.49. The first-order chi connectivity index (χ1) is 18.2. The zero-order chi connectivity index (χ0) is 27.0. The van der Waals surface area contributed by atoms with Crippen LogP contribution in [0.4, 0.5) is 28.9 Å². The number of halogens is 4. The number of piperazine rings is 1. The molecular weight excluding hydrogens is 502 g/mol. The van der Waals surface area contributed by atoms with Crippen molar-refractivity contribution in [2.75, 3.05) is 49.1 Å². The van der Waals surface area contributed by atoms with E-state index in [2.05, 4.69) is 9.80 Å². The van der Waals surface area contributed by atoms with Crippen LogP contribution < -0.4 is 9.80 Å². The topological polar surface area (TPSA) is 53.1 Å². The average molecular weight is 534 g/mol. The van der Waals surface area contributed by atoms with Crippen LogP contribution >= 0.6 is 0 Å². The first kappa shape index (κ1) is 26.3. The fourth-order valence-electron chi connectivity index (χ4n) is 6.00. The molecule has 6 nitrogen and oxygen atoms in total. The zero-order valence-corrected chi connectivity index (χ0v) is 21.2. The summed E-state index contributed by atoms with van der Waals surface area (Å²) in [6.45, 7) is 4.48. The smallest absolute Gasteiger partial charge is 0.416 e. The predicted molar refractivity (Wildman–Crippen MR) is 134 cm³/mol. The van der Waals surface area contributed by atoms with Gasteiger partial charge in [-0.15, -0.1) is 0 Å². The Hall–Kier alpha value is -3.30. The molecule has 38 heavy (non-hydrogen) atoms. The Morgan fingerprint density at radius 1 is 1.00 bits per heavy atom. The van der Waals surface area contributed by atoms with Crippen LogP contribution in [0.3, 0.4) is 0 Å². The Bertz CT molecular complexity index is 1180. The van der Waals surface area contributed by atoms with Crippen molar-refractivity contribution in [3.05, 3.63) is 59.4 Å². The van der Waals surface area contributed by atoms with E-state index in [9.17, 15) is 27.2 Å². The number of hydrogen-bond acceptors (Lipinski definition) is 5. The van der Waals surface area contributed by atoms with Crippen LogP contribution in [0.15, 0.2) is 42.5 Å². The lowest BCUT2D eigenvalue weighted by molar-refractivity contribution is -0.152. The molecule has 0 spiro atoms. The van der Waals surface area contributed by atoms with E-state index in [1.165, 1.54) is 24.3 Å². The summed E-state index contributed by atoms with van der Waals surface area (Å²) in [7, 11) is 0. The molecule has 0 saturated carbocycles. The number of carbonyl (C=O) groups is 2. The molecule has 0 aliphatic carbocycles. The lowest BCUT2D eigenvalue weighted by Crippen LogP contribution is -2.62. The van der Waals surface area contributed by atoms with Gasteiger partial charge >= 0.3 is 12.1 Å². The van der Waals surface area contributed by atoms with Crippen LogP contribution in [-0.4, -0.2) is 62.1 Å². The molecule has 2 unspecified atom stereocenters. The van der Waals surface area contributed by atoms with E-state index < -0.39 is 17.7 Å². The minimum atomic E-state index is -4.47. The Labute approximate surface area is 219 Å². The lowest BCUT2D eigenvalue weighted by Gasteiger charge is -2.50. The highest BCUT2D eigenvalue weighted by atomic mass is 19.4. The monoisotopic (exact) mass is 533 g/mol. The minimum Gasteiger partial charge on any atom is -0.466 e. The SMILES string of the molecule is CCOC(=O)C1CCN(C(=O)C2Cc3cc(C(F)(F)F)ccc3N3CCN(c4ccc(F)cc4)CC23)CC1. The van der Waals surface area contributed by atoms with Gasteiger partial charge in [-0.25, -0.2) is 4.39 Å². The molecule has 0 N–H and O–H groups in total. The molecule has 0 bridgehead atoms. The molecular formula is C28H31F4N3O3. The van der Waals surface area contributed by atoms with Crippen molar-refractivity contribution < 1.29 is 31.9 Å². The number of hydrogen-bond donors (Lipinski definition) is 0. The molecule has 204 valence electrons. The predicted octanol–water partition coefficient (Wildman–Crippen LogP) is 4.51. The maximum atomic E-state index is 13.9. The summed E-state index contributed by atoms with van der Waals surface area (Å²) in [6.07, 6.45) is -3.26. The fraction of sp³-hybridized carbons (Fsp3) is 0.500. The van der Waals surface area contributed by atoms with Gasteiger partial charge in [0.25, 0.3) is 0 Å². The number of ether oxygens (including phenoxy) is 1. The van der Waals surface area contributed by atoms with Gasteiger partial charge in [0.05, 0.1) is 30.0 Å². The van der Waals surface area contributed by atoms with Gasteiger partial charge in [0.15, 0.2) is 0 Å². The molecule has 1 amide bonds. The van der Waals surface area contributed by atoms with Crippen molar-refractivity contribution >= 4 is 23.3 Å². The number of fused-ring (bicyclic) bond motifs is 3. The highest BCUT2D eigenvalue weighted by molar-refractivity contribution is 5.83. The molecule has 2 fully saturated rings. The highest BCUT2D eigenvalue weighted by Gasteiger charge is 2.44. The molecule has 2 aromatic carbocycles. The molecule has 0 aromatic heterocycles. The average Bonchev–Trinajstić information content (AvgIpc) is 2.91. The molecule has 2 saturated heterocycles. The second kappa shape index (κ2) is 10.5. The highest BCUT2D eigenvalue weighted by Crippen LogP contribution is 2.41. The first-order valence-electron chi connectivity index (χ1n) is 13.1. The van der Waals surface area contributed by atoms with Gasteiger partial charge in [0.2, 0.25) is 5.91 Å². The molecule has 2 aromatic rings. The largest absolute Gasteiger partial charge is 0.466 e. The first-order valence-corrected chi connectivity index (χ1v) is 13.1. The second-order valence-corrected chi connectivity index (χ2v) is 10.2. The van der Waals surface area contributed by atoms with Crippen LogP contribution in [0.25, 0.3) is 0 Å². The van der Waals surface area contributed by atoms with E-state index in [0.717, 1.165) is 17.4 Å². The quantitative estimate of drug-likeness (QED) is 0.428. The van der Waals surface area contributed by atoms with Crippen molar-refractivity contribution in [3.8, 4) is 0 Å². The number of rotatable bonds is 4. The van der Waals surface area contributed by atoms with Crippen molar-refractivity contribution in [2.24, 2.45) is 11.8 Å². The number of anilines is 2. The van der Waals surface area contributed by atoms with Gasteiger partial charge in [-0.3, -0.25) is 9.59 Å². The van der Waals surface area contributed by atoms with Gasteiger partial charge < -0.3 is 19.4 Å². The van der Waals surface area contributed by atoms with E-state index in [4.69, 9.17) is 4.74 Å². The summed E-state index contributed by atoms with van der Waals surface area (Å²) in [5.41, 5.74) is 1.37. The van der Waals surface area contributed by atoms with Gasteiger partial charge in [0.1, 0.15) is 5.82 Å². The van der Waals surface area contributed by atoms with E-state index in [1.54, 1.807) is 24.0 Å². The Balaban J connectivity index is 1.41. The Morgan fingerprint density at radius 2 is 1.71 bits per heavy atom. The second-order valence-electron chi connectivity index (χ2n) is 10.2. The number of likely N-dealkylation sites (tertiary alicyclic amines) is 1. The summed E-state index contributed by atoms with van der Waals surface area (Å²) < 4.78 is 59.2. The number of esters is 1. The molecule has 3 aliphatic rings. The Morgan fingerprint density at radius 3 is 2.37 bits per heavy atom. The van der Waals surface area contributed by atoms with E-state index >= 15 is 0 Å². The van der Waals surface area contributed by atoms with Gasteiger partial charge in [0, 0.05) is 44.1 Å². The third kappa shape index (κ3) is 5.17. The summed E-state index contributed by atoms with van der Waals surface area (Å²) in [4.78, 5) is 31.9. The minimum absolute atomic E-state index is 0.105. The fourth-order valence-corrected chi connectivity index (χ4v) is 6.00. The normalized spacial score (nSPS) is 22.1. The van der Waals surface area contributed by atoms with E-state index in [0.29, 0.717) is 57.7 Å². The number of amides is 1. The standard InChI is InChI=1S/C28H31F4N3O3/c1-2-38-27(37)18-9-11-33(12-10-18)26(36)23-16-19-15-20(28(30,31)32)3-8-24(19)35-14-13-34(17-25(23)35)22-6-4-21(29)5-7-22/h3-8,15,18,23,25H,2,9-14,16-17H2,1H3. The summed E-state index contributed by atoms with van der Waals surface area (Å²) in [6, 6.07) is 9.73. The van der Waals surface area contributed by atoms with Gasteiger partial charge in [-0.1, -0.05) is 0 Å². The number of benzene rings is 2. The van der Waals surface area contributed by atoms with Crippen molar-refractivity contribution in [3.63, 3.8) is 0 Å². The third-order valence-corrected chi connectivity index (χ3v) is 7.97. The van der Waals surface area contributed by atoms with Crippen LogP contribution in [0.2, 0.25) is 0 Å². The molecule has 0 radical (unpaired) electrons. The lowest BCUT2D eigenvalue weighted by atomic mass is 9.81. The van der Waals surface area contributed by atoms with Gasteiger partial charge in [-0.2, -0.15) is 13.2 Å². The van der Waals surface area contributed by atoms with Crippen LogP contribution in [0.5, 0.6) is 0 Å². The maximum absolute atomic E-state index is 13.9. The Kier molecular flexibility index (Phi) is 7.24. The summed E-state index contributed by atoms with van der Waals surface area (Å²) in [5, 5.41) is 0.